The summed E-state index contributed by atoms with van der Waals surface area (Å²) in [6, 6.07) is 25.8. The third kappa shape index (κ3) is 1.88. The van der Waals surface area contributed by atoms with Crippen LogP contribution in [-0.4, -0.2) is 4.98 Å². The van der Waals surface area contributed by atoms with Crippen molar-refractivity contribution in [3.05, 3.63) is 83.9 Å². The number of para-hydroxylation sites is 1. The third-order valence-electron chi connectivity index (χ3n) is 3.82. The first-order valence-electron chi connectivity index (χ1n) is 6.93. The molecule has 1 heterocycles. The smallest absolute Gasteiger partial charge is 0.0467 e. The maximum absolute atomic E-state index is 3.50. The van der Waals surface area contributed by atoms with Crippen LogP contribution in [0.5, 0.6) is 0 Å². The van der Waals surface area contributed by atoms with Gasteiger partial charge in [-0.25, -0.2) is 0 Å². The molecular weight excluding hydrogens is 242 g/mol. The Labute approximate surface area is 117 Å². The fourth-order valence-corrected chi connectivity index (χ4v) is 2.84. The van der Waals surface area contributed by atoms with Gasteiger partial charge < -0.3 is 4.98 Å². The van der Waals surface area contributed by atoms with E-state index in [-0.39, 0.29) is 0 Å². The van der Waals surface area contributed by atoms with Gasteiger partial charge >= 0.3 is 0 Å². The molecular formula is C19H15N. The van der Waals surface area contributed by atoms with E-state index >= 15 is 0 Å². The number of H-pyrrole nitrogens is 1. The Morgan fingerprint density at radius 3 is 2.25 bits per heavy atom. The fraction of sp³-hybridized carbons (Fsp3) is 0.0526. The topological polar surface area (TPSA) is 15.8 Å². The van der Waals surface area contributed by atoms with Crippen molar-refractivity contribution in [2.24, 2.45) is 0 Å². The second-order valence-electron chi connectivity index (χ2n) is 5.21. The highest BCUT2D eigenvalue weighted by Crippen LogP contribution is 2.26. The lowest BCUT2D eigenvalue weighted by molar-refractivity contribution is 1.20. The Bertz CT molecular complexity index is 872. The molecule has 3 aromatic carbocycles. The van der Waals surface area contributed by atoms with Gasteiger partial charge in [0.05, 0.1) is 0 Å². The molecule has 0 aliphatic carbocycles. The number of hydrogen-bond donors (Lipinski definition) is 1. The summed E-state index contributed by atoms with van der Waals surface area (Å²) in [6.07, 6.45) is 0.978. The largest absolute Gasteiger partial charge is 0.355 e. The molecule has 4 aromatic rings. The van der Waals surface area contributed by atoms with Crippen molar-refractivity contribution in [1.29, 1.82) is 0 Å². The van der Waals surface area contributed by atoms with E-state index in [4.69, 9.17) is 0 Å². The van der Waals surface area contributed by atoms with Crippen LogP contribution in [-0.2, 0) is 6.42 Å². The van der Waals surface area contributed by atoms with E-state index < -0.39 is 0 Å². The summed E-state index contributed by atoms with van der Waals surface area (Å²) in [5, 5.41) is 2.60. The summed E-state index contributed by atoms with van der Waals surface area (Å²) in [5.41, 5.74) is 5.12. The number of hydrogen-bond acceptors (Lipinski definition) is 0. The molecule has 1 N–H and O–H groups in total. The van der Waals surface area contributed by atoms with Gasteiger partial charge in [-0.1, -0.05) is 60.7 Å². The molecule has 1 nitrogen and oxygen atoms in total. The highest BCUT2D eigenvalue weighted by Gasteiger charge is 2.04. The first-order chi connectivity index (χ1) is 9.90. The molecule has 0 fully saturated rings. The van der Waals surface area contributed by atoms with Gasteiger partial charge in [-0.05, 0) is 29.7 Å². The Morgan fingerprint density at radius 2 is 1.35 bits per heavy atom. The van der Waals surface area contributed by atoms with Crippen molar-refractivity contribution in [3.63, 3.8) is 0 Å². The number of fused-ring (bicyclic) bond motifs is 3. The van der Waals surface area contributed by atoms with E-state index in [0.29, 0.717) is 0 Å². The van der Waals surface area contributed by atoms with Gasteiger partial charge in [0, 0.05) is 21.8 Å². The standard InChI is InChI=1S/C19H15N/c1-2-6-14(7-3-1)12-15-10-11-17-16-8-4-5-9-18(16)20-19(17)13-15/h1-11,13,20H,12H2. The van der Waals surface area contributed by atoms with Crippen LogP contribution in [0.3, 0.4) is 0 Å². The Hall–Kier alpha value is -2.54. The van der Waals surface area contributed by atoms with Crippen molar-refractivity contribution in [2.75, 3.05) is 0 Å². The van der Waals surface area contributed by atoms with Gasteiger partial charge in [-0.2, -0.15) is 0 Å². The molecule has 0 amide bonds. The SMILES string of the molecule is c1ccc(Cc2ccc3c(c2)[nH]c2ccccc23)cc1. The molecule has 0 unspecified atom stereocenters. The van der Waals surface area contributed by atoms with E-state index in [1.165, 1.54) is 32.9 Å². The summed E-state index contributed by atoms with van der Waals surface area (Å²) < 4.78 is 0. The highest BCUT2D eigenvalue weighted by molar-refractivity contribution is 6.07. The quantitative estimate of drug-likeness (QED) is 0.525. The molecule has 1 aromatic heterocycles. The molecule has 1 heteroatoms. The number of rotatable bonds is 2. The lowest BCUT2D eigenvalue weighted by Crippen LogP contribution is -1.87. The summed E-state index contributed by atoms with van der Waals surface area (Å²) >= 11 is 0. The molecule has 0 saturated heterocycles. The molecule has 0 atom stereocenters. The average Bonchev–Trinajstić information content (AvgIpc) is 2.86. The van der Waals surface area contributed by atoms with Crippen LogP contribution in [0.25, 0.3) is 21.8 Å². The van der Waals surface area contributed by atoms with Crippen molar-refractivity contribution < 1.29 is 0 Å². The van der Waals surface area contributed by atoms with Crippen LogP contribution in [0.1, 0.15) is 11.1 Å². The summed E-state index contributed by atoms with van der Waals surface area (Å²) in [4.78, 5) is 3.50. The van der Waals surface area contributed by atoms with Crippen LogP contribution in [0, 0.1) is 0 Å². The van der Waals surface area contributed by atoms with Crippen LogP contribution in [0.4, 0.5) is 0 Å². The Balaban J connectivity index is 1.81. The zero-order valence-corrected chi connectivity index (χ0v) is 11.1. The predicted octanol–water partition coefficient (Wildman–Crippen LogP) is 4.91. The molecule has 0 radical (unpaired) electrons. The summed E-state index contributed by atoms with van der Waals surface area (Å²) in [7, 11) is 0. The van der Waals surface area contributed by atoms with E-state index in [0.717, 1.165) is 6.42 Å². The maximum atomic E-state index is 3.50. The van der Waals surface area contributed by atoms with Gasteiger partial charge in [0.25, 0.3) is 0 Å². The molecule has 0 aliphatic rings. The Kier molecular flexibility index (Phi) is 2.56. The molecule has 0 saturated carbocycles. The zero-order valence-electron chi connectivity index (χ0n) is 11.1. The first-order valence-corrected chi connectivity index (χ1v) is 6.93. The Morgan fingerprint density at radius 1 is 0.600 bits per heavy atom. The van der Waals surface area contributed by atoms with Crippen molar-refractivity contribution in [2.45, 2.75) is 6.42 Å². The third-order valence-corrected chi connectivity index (χ3v) is 3.82. The molecule has 0 aliphatic heterocycles. The zero-order chi connectivity index (χ0) is 13.4. The van der Waals surface area contributed by atoms with Crippen LogP contribution in [0.2, 0.25) is 0 Å². The van der Waals surface area contributed by atoms with E-state index in [2.05, 4.69) is 77.8 Å². The van der Waals surface area contributed by atoms with E-state index in [9.17, 15) is 0 Å². The minimum absolute atomic E-state index is 0.978. The van der Waals surface area contributed by atoms with Crippen molar-refractivity contribution in [1.82, 2.24) is 4.98 Å². The number of aromatic nitrogens is 1. The molecule has 20 heavy (non-hydrogen) atoms. The monoisotopic (exact) mass is 257 g/mol. The number of aromatic amines is 1. The van der Waals surface area contributed by atoms with Crippen LogP contribution in [0.15, 0.2) is 72.8 Å². The minimum Gasteiger partial charge on any atom is -0.355 e. The van der Waals surface area contributed by atoms with Gasteiger partial charge in [-0.3, -0.25) is 0 Å². The van der Waals surface area contributed by atoms with Crippen LogP contribution >= 0.6 is 0 Å². The molecule has 0 spiro atoms. The van der Waals surface area contributed by atoms with Crippen molar-refractivity contribution in [3.8, 4) is 0 Å². The number of benzene rings is 3. The van der Waals surface area contributed by atoms with E-state index in [1.54, 1.807) is 0 Å². The summed E-state index contributed by atoms with van der Waals surface area (Å²) in [5.74, 6) is 0. The van der Waals surface area contributed by atoms with E-state index in [1.807, 2.05) is 0 Å². The second-order valence-corrected chi connectivity index (χ2v) is 5.21. The summed E-state index contributed by atoms with van der Waals surface area (Å²) in [6.45, 7) is 0. The first kappa shape index (κ1) is 11.3. The average molecular weight is 257 g/mol. The molecule has 96 valence electrons. The predicted molar refractivity (Wildman–Crippen MR) is 85.1 cm³/mol. The highest BCUT2D eigenvalue weighted by atomic mass is 14.7. The lowest BCUT2D eigenvalue weighted by Gasteiger charge is -2.02. The van der Waals surface area contributed by atoms with Gasteiger partial charge in [0.1, 0.15) is 0 Å². The molecule has 4 rings (SSSR count). The fourth-order valence-electron chi connectivity index (χ4n) is 2.84. The van der Waals surface area contributed by atoms with Gasteiger partial charge in [0.15, 0.2) is 0 Å². The van der Waals surface area contributed by atoms with Crippen LogP contribution < -0.4 is 0 Å². The van der Waals surface area contributed by atoms with Gasteiger partial charge in [0.2, 0.25) is 0 Å². The normalized spacial score (nSPS) is 11.2. The minimum atomic E-state index is 0.978. The second kappa shape index (κ2) is 4.53. The maximum Gasteiger partial charge on any atom is 0.0467 e. The number of nitrogens with one attached hydrogen (secondary N) is 1. The van der Waals surface area contributed by atoms with Crippen molar-refractivity contribution >= 4 is 21.8 Å². The molecule has 0 bridgehead atoms. The van der Waals surface area contributed by atoms with Gasteiger partial charge in [-0.15, -0.1) is 0 Å². The lowest BCUT2D eigenvalue weighted by atomic mass is 10.0.